The van der Waals surface area contributed by atoms with Gasteiger partial charge >= 0.3 is 5.97 Å². The summed E-state index contributed by atoms with van der Waals surface area (Å²) in [4.78, 5) is 11.8. The van der Waals surface area contributed by atoms with Crippen molar-refractivity contribution in [1.29, 1.82) is 0 Å². The van der Waals surface area contributed by atoms with E-state index in [2.05, 4.69) is 6.92 Å². The van der Waals surface area contributed by atoms with Crippen molar-refractivity contribution in [3.63, 3.8) is 0 Å². The molecule has 0 aromatic carbocycles. The molecule has 0 radical (unpaired) electrons. The minimum atomic E-state index is -0.00145. The second-order valence-electron chi connectivity index (χ2n) is 10.7. The SMILES string of the molecule is CCC(=O)O[C@H]1CC[C@@](CCCC(CC)C2CCCCC2)(C2CCCCC2)CC1. The van der Waals surface area contributed by atoms with E-state index in [1.807, 2.05) is 6.92 Å². The molecule has 0 spiro atoms. The van der Waals surface area contributed by atoms with Gasteiger partial charge in [-0.1, -0.05) is 84.5 Å². The van der Waals surface area contributed by atoms with Gasteiger partial charge < -0.3 is 4.74 Å². The lowest BCUT2D eigenvalue weighted by Crippen LogP contribution is -2.38. The molecule has 0 bridgehead atoms. The van der Waals surface area contributed by atoms with Crippen molar-refractivity contribution in [2.24, 2.45) is 23.2 Å². The van der Waals surface area contributed by atoms with E-state index in [1.54, 1.807) is 0 Å². The van der Waals surface area contributed by atoms with Crippen LogP contribution in [-0.4, -0.2) is 12.1 Å². The topological polar surface area (TPSA) is 26.3 Å². The summed E-state index contributed by atoms with van der Waals surface area (Å²) in [6.45, 7) is 4.34. The zero-order valence-electron chi connectivity index (χ0n) is 19.6. The van der Waals surface area contributed by atoms with E-state index in [1.165, 1.54) is 103 Å². The smallest absolute Gasteiger partial charge is 0.305 e. The van der Waals surface area contributed by atoms with Crippen LogP contribution in [0.2, 0.25) is 0 Å². The summed E-state index contributed by atoms with van der Waals surface area (Å²) in [5, 5.41) is 0. The van der Waals surface area contributed by atoms with Crippen molar-refractivity contribution in [3.05, 3.63) is 0 Å². The number of hydrogen-bond donors (Lipinski definition) is 0. The molecule has 0 aliphatic heterocycles. The quantitative estimate of drug-likeness (QED) is 0.362. The maximum Gasteiger partial charge on any atom is 0.305 e. The van der Waals surface area contributed by atoms with Crippen molar-refractivity contribution < 1.29 is 9.53 Å². The highest BCUT2D eigenvalue weighted by atomic mass is 16.5. The van der Waals surface area contributed by atoms with Gasteiger partial charge in [-0.15, -0.1) is 0 Å². The number of esters is 1. The fraction of sp³-hybridized carbons (Fsp3) is 0.963. The number of carbonyl (C=O) groups excluding carboxylic acids is 1. The van der Waals surface area contributed by atoms with E-state index in [9.17, 15) is 4.79 Å². The molecule has 0 N–H and O–H groups in total. The van der Waals surface area contributed by atoms with Gasteiger partial charge in [0.05, 0.1) is 0 Å². The van der Waals surface area contributed by atoms with Crippen molar-refractivity contribution in [2.75, 3.05) is 0 Å². The maximum absolute atomic E-state index is 11.8. The summed E-state index contributed by atoms with van der Waals surface area (Å²) in [6.07, 6.45) is 25.9. The van der Waals surface area contributed by atoms with Gasteiger partial charge in [-0.05, 0) is 68.1 Å². The third-order valence-electron chi connectivity index (χ3n) is 9.08. The highest BCUT2D eigenvalue weighted by Gasteiger charge is 2.42. The normalized spacial score (nSPS) is 30.8. The van der Waals surface area contributed by atoms with Gasteiger partial charge in [0.15, 0.2) is 0 Å². The lowest BCUT2D eigenvalue weighted by molar-refractivity contribution is -0.152. The molecule has 3 aliphatic rings. The van der Waals surface area contributed by atoms with Gasteiger partial charge in [0, 0.05) is 6.42 Å². The summed E-state index contributed by atoms with van der Waals surface area (Å²) in [5.41, 5.74) is 0.556. The number of carbonyl (C=O) groups is 1. The Morgan fingerprint density at radius 1 is 0.897 bits per heavy atom. The molecule has 0 heterocycles. The first-order valence-electron chi connectivity index (χ1n) is 13.4. The van der Waals surface area contributed by atoms with E-state index < -0.39 is 0 Å². The average Bonchev–Trinajstić information content (AvgIpc) is 2.79. The monoisotopic (exact) mass is 404 g/mol. The predicted octanol–water partition coefficient (Wildman–Crippen LogP) is 8.23. The van der Waals surface area contributed by atoms with Crippen molar-refractivity contribution in [2.45, 2.75) is 142 Å². The summed E-state index contributed by atoms with van der Waals surface area (Å²) < 4.78 is 5.72. The molecule has 1 atom stereocenters. The fourth-order valence-electron chi connectivity index (χ4n) is 7.23. The Bertz CT molecular complexity index is 465. The molecule has 3 aliphatic carbocycles. The summed E-state index contributed by atoms with van der Waals surface area (Å²) in [7, 11) is 0. The third-order valence-corrected chi connectivity index (χ3v) is 9.08. The molecule has 0 aromatic heterocycles. The van der Waals surface area contributed by atoms with Gasteiger partial charge in [-0.2, -0.15) is 0 Å². The van der Waals surface area contributed by atoms with Gasteiger partial charge in [-0.3, -0.25) is 4.79 Å². The van der Waals surface area contributed by atoms with Crippen LogP contribution in [0.5, 0.6) is 0 Å². The van der Waals surface area contributed by atoms with Gasteiger partial charge in [0.2, 0.25) is 0 Å². The van der Waals surface area contributed by atoms with Crippen LogP contribution in [0, 0.1) is 23.2 Å². The Balaban J connectivity index is 1.55. The second kappa shape index (κ2) is 11.8. The molecule has 0 aromatic rings. The van der Waals surface area contributed by atoms with Crippen LogP contribution >= 0.6 is 0 Å². The van der Waals surface area contributed by atoms with Crippen LogP contribution in [0.1, 0.15) is 136 Å². The van der Waals surface area contributed by atoms with E-state index in [-0.39, 0.29) is 12.1 Å². The van der Waals surface area contributed by atoms with Crippen LogP contribution in [-0.2, 0) is 9.53 Å². The van der Waals surface area contributed by atoms with E-state index in [0.29, 0.717) is 11.8 Å². The highest BCUT2D eigenvalue weighted by Crippen LogP contribution is 2.52. The zero-order chi connectivity index (χ0) is 20.5. The molecule has 2 nitrogen and oxygen atoms in total. The summed E-state index contributed by atoms with van der Waals surface area (Å²) in [6, 6.07) is 0. The molecule has 3 fully saturated rings. The minimum Gasteiger partial charge on any atom is -0.462 e. The van der Waals surface area contributed by atoms with Crippen LogP contribution in [0.15, 0.2) is 0 Å². The van der Waals surface area contributed by atoms with Crippen molar-refractivity contribution in [3.8, 4) is 0 Å². The maximum atomic E-state index is 11.8. The van der Waals surface area contributed by atoms with E-state index in [0.717, 1.165) is 30.6 Å². The minimum absolute atomic E-state index is 0.00145. The molecular formula is C27H48O2. The van der Waals surface area contributed by atoms with Gasteiger partial charge in [0.25, 0.3) is 0 Å². The Hall–Kier alpha value is -0.530. The molecular weight excluding hydrogens is 356 g/mol. The van der Waals surface area contributed by atoms with E-state index >= 15 is 0 Å². The summed E-state index contributed by atoms with van der Waals surface area (Å²) in [5.74, 6) is 2.93. The van der Waals surface area contributed by atoms with Crippen LogP contribution < -0.4 is 0 Å². The number of hydrogen-bond acceptors (Lipinski definition) is 2. The van der Waals surface area contributed by atoms with Crippen molar-refractivity contribution >= 4 is 5.97 Å². The lowest BCUT2D eigenvalue weighted by Gasteiger charge is -2.47. The Labute approximate surface area is 180 Å². The standard InChI is InChI=1S/C27H48O2/c1-3-22(23-12-7-5-8-13-23)14-11-19-27(24-15-9-6-10-16-24)20-17-25(18-21-27)29-26(28)4-2/h22-25H,3-21H2,1-2H3/t22?,25-,27+. The number of rotatable bonds is 9. The highest BCUT2D eigenvalue weighted by molar-refractivity contribution is 5.69. The molecule has 2 heteroatoms. The Morgan fingerprint density at radius 2 is 1.52 bits per heavy atom. The Kier molecular flexibility index (Phi) is 9.38. The predicted molar refractivity (Wildman–Crippen MR) is 122 cm³/mol. The van der Waals surface area contributed by atoms with Crippen molar-refractivity contribution in [1.82, 2.24) is 0 Å². The Morgan fingerprint density at radius 3 is 2.10 bits per heavy atom. The average molecular weight is 405 g/mol. The summed E-state index contributed by atoms with van der Waals surface area (Å²) >= 11 is 0. The van der Waals surface area contributed by atoms with Crippen LogP contribution in [0.4, 0.5) is 0 Å². The largest absolute Gasteiger partial charge is 0.462 e. The van der Waals surface area contributed by atoms with E-state index in [4.69, 9.17) is 4.74 Å². The lowest BCUT2D eigenvalue weighted by atomic mass is 9.59. The van der Waals surface area contributed by atoms with Gasteiger partial charge in [-0.25, -0.2) is 0 Å². The first-order valence-corrected chi connectivity index (χ1v) is 13.4. The first kappa shape index (κ1) is 23.1. The van der Waals surface area contributed by atoms with Crippen LogP contribution in [0.25, 0.3) is 0 Å². The fourth-order valence-corrected chi connectivity index (χ4v) is 7.23. The van der Waals surface area contributed by atoms with Gasteiger partial charge in [0.1, 0.15) is 6.10 Å². The third kappa shape index (κ3) is 6.47. The molecule has 1 unspecified atom stereocenters. The first-order chi connectivity index (χ1) is 14.2. The molecule has 3 saturated carbocycles. The molecule has 3 rings (SSSR count). The molecule has 168 valence electrons. The van der Waals surface area contributed by atoms with Crippen LogP contribution in [0.3, 0.4) is 0 Å². The molecule has 0 amide bonds. The second-order valence-corrected chi connectivity index (χ2v) is 10.7. The molecule has 0 saturated heterocycles. The zero-order valence-corrected chi connectivity index (χ0v) is 19.6. The number of ether oxygens (including phenoxy) is 1. The molecule has 29 heavy (non-hydrogen) atoms.